The van der Waals surface area contributed by atoms with Crippen LogP contribution >= 0.6 is 0 Å². The highest BCUT2D eigenvalue weighted by Crippen LogP contribution is 2.06. The van der Waals surface area contributed by atoms with E-state index < -0.39 is 15.9 Å². The Balaban J connectivity index is 4.66. The number of amides is 1. The smallest absolute Gasteiger partial charge is 0.239 e. The van der Waals surface area contributed by atoms with E-state index in [0.717, 1.165) is 6.26 Å². The van der Waals surface area contributed by atoms with Gasteiger partial charge in [0.2, 0.25) is 5.91 Å². The highest BCUT2D eigenvalue weighted by Gasteiger charge is 2.25. The lowest BCUT2D eigenvalue weighted by Crippen LogP contribution is -2.50. The first-order chi connectivity index (χ1) is 9.22. The van der Waals surface area contributed by atoms with E-state index in [2.05, 4.69) is 0 Å². The summed E-state index contributed by atoms with van der Waals surface area (Å²) < 4.78 is 32.2. The fraction of sp³-hybridized carbons (Fsp3) is 0.917. The molecular weight excluding hydrogens is 284 g/mol. The van der Waals surface area contributed by atoms with Crippen LogP contribution in [0.25, 0.3) is 0 Å². The third-order valence-electron chi connectivity index (χ3n) is 2.88. The second-order valence-corrected chi connectivity index (χ2v) is 7.11. The molecule has 0 spiro atoms. The predicted octanol–water partition coefficient (Wildman–Crippen LogP) is -0.742. The second-order valence-electron chi connectivity index (χ2n) is 4.85. The SMILES string of the molecule is COCCN(C(=O)C(N)CCS(C)(=O)=O)C(C)COC. The highest BCUT2D eigenvalue weighted by molar-refractivity contribution is 7.90. The number of carbonyl (C=O) groups excluding carboxylic acids is 1. The lowest BCUT2D eigenvalue weighted by molar-refractivity contribution is -0.136. The van der Waals surface area contributed by atoms with E-state index in [1.165, 1.54) is 0 Å². The summed E-state index contributed by atoms with van der Waals surface area (Å²) in [6.07, 6.45) is 1.24. The van der Waals surface area contributed by atoms with E-state index in [4.69, 9.17) is 15.2 Å². The van der Waals surface area contributed by atoms with E-state index in [0.29, 0.717) is 19.8 Å². The van der Waals surface area contributed by atoms with Gasteiger partial charge in [-0.3, -0.25) is 4.79 Å². The largest absolute Gasteiger partial charge is 0.383 e. The first kappa shape index (κ1) is 19.3. The summed E-state index contributed by atoms with van der Waals surface area (Å²) in [4.78, 5) is 13.8. The third-order valence-corrected chi connectivity index (χ3v) is 3.85. The number of hydrogen-bond donors (Lipinski definition) is 1. The van der Waals surface area contributed by atoms with Gasteiger partial charge in [-0.15, -0.1) is 0 Å². The molecule has 0 bridgehead atoms. The number of methoxy groups -OCH3 is 2. The van der Waals surface area contributed by atoms with Gasteiger partial charge in [0.15, 0.2) is 0 Å². The van der Waals surface area contributed by atoms with E-state index in [9.17, 15) is 13.2 Å². The number of nitrogens with two attached hydrogens (primary N) is 1. The number of ether oxygens (including phenoxy) is 2. The molecule has 8 heteroatoms. The molecule has 0 fully saturated rings. The van der Waals surface area contributed by atoms with Gasteiger partial charge >= 0.3 is 0 Å². The Kier molecular flexibility index (Phi) is 8.95. The van der Waals surface area contributed by atoms with Gasteiger partial charge in [-0.25, -0.2) is 8.42 Å². The Morgan fingerprint density at radius 3 is 2.35 bits per heavy atom. The van der Waals surface area contributed by atoms with Crippen molar-refractivity contribution in [3.63, 3.8) is 0 Å². The third kappa shape index (κ3) is 7.78. The van der Waals surface area contributed by atoms with E-state index >= 15 is 0 Å². The molecule has 120 valence electrons. The topological polar surface area (TPSA) is 98.9 Å². The summed E-state index contributed by atoms with van der Waals surface area (Å²) in [5, 5.41) is 0. The van der Waals surface area contributed by atoms with Crippen LogP contribution in [-0.4, -0.2) is 77.3 Å². The van der Waals surface area contributed by atoms with Gasteiger partial charge in [0.05, 0.1) is 31.1 Å². The molecule has 0 radical (unpaired) electrons. The van der Waals surface area contributed by atoms with Crippen LogP contribution in [0.2, 0.25) is 0 Å². The molecule has 0 aromatic rings. The Bertz CT molecular complexity index is 385. The Hall–Kier alpha value is -0.700. The van der Waals surface area contributed by atoms with Crippen LogP contribution < -0.4 is 5.73 Å². The first-order valence-corrected chi connectivity index (χ1v) is 8.50. The molecule has 2 atom stereocenters. The van der Waals surface area contributed by atoms with Crippen molar-refractivity contribution in [3.8, 4) is 0 Å². The van der Waals surface area contributed by atoms with Gasteiger partial charge in [0, 0.05) is 27.0 Å². The van der Waals surface area contributed by atoms with E-state index in [1.807, 2.05) is 6.92 Å². The molecule has 2 unspecified atom stereocenters. The minimum absolute atomic E-state index is 0.101. The molecule has 0 aliphatic carbocycles. The van der Waals surface area contributed by atoms with Crippen molar-refractivity contribution in [1.29, 1.82) is 0 Å². The van der Waals surface area contributed by atoms with Crippen molar-refractivity contribution in [1.82, 2.24) is 4.90 Å². The van der Waals surface area contributed by atoms with Gasteiger partial charge in [-0.05, 0) is 13.3 Å². The zero-order valence-electron chi connectivity index (χ0n) is 12.7. The maximum atomic E-state index is 12.3. The maximum Gasteiger partial charge on any atom is 0.239 e. The predicted molar refractivity (Wildman–Crippen MR) is 77.2 cm³/mol. The van der Waals surface area contributed by atoms with Crippen LogP contribution in [0, 0.1) is 0 Å². The summed E-state index contributed by atoms with van der Waals surface area (Å²) in [6, 6.07) is -0.979. The Morgan fingerprint density at radius 2 is 1.90 bits per heavy atom. The molecule has 2 N–H and O–H groups in total. The van der Waals surface area contributed by atoms with Crippen molar-refractivity contribution in [3.05, 3.63) is 0 Å². The van der Waals surface area contributed by atoms with Crippen LogP contribution in [-0.2, 0) is 24.1 Å². The molecule has 0 saturated carbocycles. The van der Waals surface area contributed by atoms with Crippen LogP contribution in [0.15, 0.2) is 0 Å². The van der Waals surface area contributed by atoms with Crippen molar-refractivity contribution < 1.29 is 22.7 Å². The lowest BCUT2D eigenvalue weighted by atomic mass is 10.1. The van der Waals surface area contributed by atoms with Gasteiger partial charge in [0.25, 0.3) is 0 Å². The zero-order chi connectivity index (χ0) is 15.8. The zero-order valence-corrected chi connectivity index (χ0v) is 13.5. The molecule has 0 rings (SSSR count). The van der Waals surface area contributed by atoms with Crippen LogP contribution in [0.4, 0.5) is 0 Å². The fourth-order valence-corrected chi connectivity index (χ4v) is 2.43. The average molecular weight is 310 g/mol. The average Bonchev–Trinajstić information content (AvgIpc) is 2.35. The Morgan fingerprint density at radius 1 is 1.30 bits per heavy atom. The fourth-order valence-electron chi connectivity index (χ4n) is 1.75. The molecular formula is C12H26N2O5S. The summed E-state index contributed by atoms with van der Waals surface area (Å²) in [6.45, 7) is 3.01. The normalized spacial score (nSPS) is 14.8. The van der Waals surface area contributed by atoms with Crippen molar-refractivity contribution in [2.75, 3.05) is 46.0 Å². The number of sulfone groups is 1. The Labute approximate surface area is 121 Å². The summed E-state index contributed by atoms with van der Waals surface area (Å²) in [5.41, 5.74) is 5.79. The van der Waals surface area contributed by atoms with Crippen molar-refractivity contribution in [2.45, 2.75) is 25.4 Å². The van der Waals surface area contributed by atoms with Crippen LogP contribution in [0.1, 0.15) is 13.3 Å². The minimum atomic E-state index is -3.13. The monoisotopic (exact) mass is 310 g/mol. The molecule has 0 aliphatic rings. The molecule has 1 amide bonds. The quantitative estimate of drug-likeness (QED) is 0.570. The molecule has 20 heavy (non-hydrogen) atoms. The number of rotatable bonds is 10. The summed E-state index contributed by atoms with van der Waals surface area (Å²) in [5.74, 6) is -0.383. The number of carbonyl (C=O) groups is 1. The highest BCUT2D eigenvalue weighted by atomic mass is 32.2. The second kappa shape index (κ2) is 9.28. The summed E-state index contributed by atoms with van der Waals surface area (Å²) >= 11 is 0. The molecule has 0 aliphatic heterocycles. The van der Waals surface area contributed by atoms with E-state index in [1.54, 1.807) is 19.1 Å². The maximum absolute atomic E-state index is 12.3. The number of nitrogens with zero attached hydrogens (tertiary/aromatic N) is 1. The van der Waals surface area contributed by atoms with E-state index in [-0.39, 0.29) is 24.1 Å². The lowest BCUT2D eigenvalue weighted by Gasteiger charge is -2.30. The first-order valence-electron chi connectivity index (χ1n) is 6.44. The van der Waals surface area contributed by atoms with Crippen LogP contribution in [0.5, 0.6) is 0 Å². The van der Waals surface area contributed by atoms with Crippen molar-refractivity contribution in [2.24, 2.45) is 5.73 Å². The van der Waals surface area contributed by atoms with Gasteiger partial charge in [-0.1, -0.05) is 0 Å². The van der Waals surface area contributed by atoms with Crippen LogP contribution in [0.3, 0.4) is 0 Å². The molecule has 0 aromatic heterocycles. The molecule has 0 heterocycles. The minimum Gasteiger partial charge on any atom is -0.383 e. The van der Waals surface area contributed by atoms with Gasteiger partial charge in [-0.2, -0.15) is 0 Å². The van der Waals surface area contributed by atoms with Gasteiger partial charge in [0.1, 0.15) is 9.84 Å². The van der Waals surface area contributed by atoms with Gasteiger partial charge < -0.3 is 20.1 Å². The standard InChI is InChI=1S/C12H26N2O5S/c1-10(9-19-3)14(6-7-18-2)12(15)11(13)5-8-20(4,16)17/h10-11H,5-9,13H2,1-4H3. The molecule has 0 aromatic carbocycles. The number of hydrogen-bond acceptors (Lipinski definition) is 6. The summed E-state index contributed by atoms with van der Waals surface area (Å²) in [7, 11) is -0.0225. The molecule has 7 nitrogen and oxygen atoms in total. The molecule has 0 saturated heterocycles. The van der Waals surface area contributed by atoms with Crippen molar-refractivity contribution >= 4 is 15.7 Å².